The molecule has 0 aromatic heterocycles. The van der Waals surface area contributed by atoms with Crippen LogP contribution >= 0.6 is 11.6 Å². The molecule has 3 aromatic rings. The molecule has 0 aliphatic heterocycles. The second-order valence-electron chi connectivity index (χ2n) is 6.83. The zero-order chi connectivity index (χ0) is 19.4. The summed E-state index contributed by atoms with van der Waals surface area (Å²) in [5, 5.41) is 0.602. The number of ketones is 2. The quantitative estimate of drug-likeness (QED) is 0.480. The molecule has 3 aromatic carbocycles. The molecule has 0 heterocycles. The fraction of sp³-hybridized carbons (Fsp3) is 0.167. The van der Waals surface area contributed by atoms with Crippen LogP contribution in [0.3, 0.4) is 0 Å². The molecule has 136 valence electrons. The summed E-state index contributed by atoms with van der Waals surface area (Å²) in [6.45, 7) is 3.90. The zero-order valence-corrected chi connectivity index (χ0v) is 16.2. The summed E-state index contributed by atoms with van der Waals surface area (Å²) in [7, 11) is 0. The van der Waals surface area contributed by atoms with Gasteiger partial charge in [-0.05, 0) is 43.7 Å². The van der Waals surface area contributed by atoms with Crippen LogP contribution in [0.5, 0.6) is 0 Å². The summed E-state index contributed by atoms with van der Waals surface area (Å²) >= 11 is 6.00. The number of aryl methyl sites for hydroxylation is 2. The van der Waals surface area contributed by atoms with Gasteiger partial charge in [0.25, 0.3) is 0 Å². The molecule has 0 spiro atoms. The van der Waals surface area contributed by atoms with Crippen molar-refractivity contribution in [3.8, 4) is 0 Å². The molecule has 0 N–H and O–H groups in total. The topological polar surface area (TPSA) is 34.1 Å². The molecule has 0 saturated heterocycles. The molecule has 1 unspecified atom stereocenters. The standard InChI is InChI=1S/C24H21ClO2/c1-16-5-3-7-19(13-16)23(26)15-22(18-9-11-21(25)12-10-18)24(27)20-8-4-6-17(2)14-20/h3-14,22H,15H2,1-2H3. The number of Topliss-reactive ketones (excluding diaryl/α,β-unsaturated/α-hetero) is 2. The maximum Gasteiger partial charge on any atom is 0.170 e. The van der Waals surface area contributed by atoms with Crippen LogP contribution in [0.4, 0.5) is 0 Å². The second-order valence-corrected chi connectivity index (χ2v) is 7.27. The Morgan fingerprint density at radius 2 is 1.37 bits per heavy atom. The predicted octanol–water partition coefficient (Wildman–Crippen LogP) is 6.20. The first-order valence-electron chi connectivity index (χ1n) is 8.90. The van der Waals surface area contributed by atoms with Gasteiger partial charge in [-0.3, -0.25) is 9.59 Å². The van der Waals surface area contributed by atoms with Crippen LogP contribution in [-0.4, -0.2) is 11.6 Å². The van der Waals surface area contributed by atoms with Gasteiger partial charge in [0.05, 0.1) is 5.92 Å². The first-order chi connectivity index (χ1) is 12.9. The maximum atomic E-state index is 13.2. The Labute approximate surface area is 164 Å². The van der Waals surface area contributed by atoms with E-state index in [4.69, 9.17) is 11.6 Å². The highest BCUT2D eigenvalue weighted by molar-refractivity contribution is 6.30. The molecular weight excluding hydrogens is 356 g/mol. The summed E-state index contributed by atoms with van der Waals surface area (Å²) in [5.74, 6) is -0.640. The van der Waals surface area contributed by atoms with Gasteiger partial charge in [-0.15, -0.1) is 0 Å². The number of rotatable bonds is 6. The Bertz CT molecular complexity index is 974. The maximum absolute atomic E-state index is 13.2. The van der Waals surface area contributed by atoms with E-state index in [1.54, 1.807) is 24.3 Å². The number of benzene rings is 3. The van der Waals surface area contributed by atoms with Crippen molar-refractivity contribution in [3.05, 3.63) is 106 Å². The van der Waals surface area contributed by atoms with Gasteiger partial charge >= 0.3 is 0 Å². The van der Waals surface area contributed by atoms with Crippen LogP contribution in [0, 0.1) is 13.8 Å². The van der Waals surface area contributed by atoms with Gasteiger partial charge < -0.3 is 0 Å². The molecule has 3 rings (SSSR count). The second kappa shape index (κ2) is 8.32. The number of carbonyl (C=O) groups is 2. The van der Waals surface area contributed by atoms with Gasteiger partial charge in [0, 0.05) is 22.6 Å². The third kappa shape index (κ3) is 4.72. The monoisotopic (exact) mass is 376 g/mol. The molecule has 3 heteroatoms. The van der Waals surface area contributed by atoms with E-state index in [9.17, 15) is 9.59 Å². The third-order valence-corrected chi connectivity index (χ3v) is 4.87. The Morgan fingerprint density at radius 3 is 1.96 bits per heavy atom. The van der Waals surface area contributed by atoms with E-state index in [1.165, 1.54) is 0 Å². The van der Waals surface area contributed by atoms with Crippen molar-refractivity contribution in [2.75, 3.05) is 0 Å². The van der Waals surface area contributed by atoms with Gasteiger partial charge in [-0.2, -0.15) is 0 Å². The molecule has 0 aliphatic rings. The van der Waals surface area contributed by atoms with Crippen LogP contribution < -0.4 is 0 Å². The van der Waals surface area contributed by atoms with Crippen molar-refractivity contribution < 1.29 is 9.59 Å². The normalized spacial score (nSPS) is 11.8. The summed E-state index contributed by atoms with van der Waals surface area (Å²) < 4.78 is 0. The molecule has 2 nitrogen and oxygen atoms in total. The average molecular weight is 377 g/mol. The lowest BCUT2D eigenvalue weighted by Crippen LogP contribution is -2.17. The van der Waals surface area contributed by atoms with E-state index in [1.807, 2.05) is 62.4 Å². The van der Waals surface area contributed by atoms with Crippen molar-refractivity contribution in [2.45, 2.75) is 26.2 Å². The molecule has 0 amide bonds. The molecule has 0 bridgehead atoms. The van der Waals surface area contributed by atoms with Crippen LogP contribution in [0.2, 0.25) is 5.02 Å². The van der Waals surface area contributed by atoms with E-state index in [0.717, 1.165) is 16.7 Å². The molecule has 0 saturated carbocycles. The van der Waals surface area contributed by atoms with E-state index in [0.29, 0.717) is 16.1 Å². The molecular formula is C24H21ClO2. The van der Waals surface area contributed by atoms with Gasteiger partial charge in [-0.1, -0.05) is 71.3 Å². The minimum atomic E-state index is -0.544. The molecule has 0 aliphatic carbocycles. The fourth-order valence-electron chi connectivity index (χ4n) is 3.18. The first kappa shape index (κ1) is 19.1. The van der Waals surface area contributed by atoms with Crippen LogP contribution in [-0.2, 0) is 0 Å². The minimum absolute atomic E-state index is 0.0420. The highest BCUT2D eigenvalue weighted by Crippen LogP contribution is 2.28. The average Bonchev–Trinajstić information content (AvgIpc) is 2.66. The number of hydrogen-bond donors (Lipinski definition) is 0. The Balaban J connectivity index is 1.95. The summed E-state index contributed by atoms with van der Waals surface area (Å²) in [4.78, 5) is 26.1. The lowest BCUT2D eigenvalue weighted by molar-refractivity contribution is 0.0893. The SMILES string of the molecule is Cc1cccc(C(=O)CC(C(=O)c2cccc(C)c2)c2ccc(Cl)cc2)c1. The van der Waals surface area contributed by atoms with E-state index in [-0.39, 0.29) is 18.0 Å². The van der Waals surface area contributed by atoms with Crippen molar-refractivity contribution in [1.29, 1.82) is 0 Å². The molecule has 27 heavy (non-hydrogen) atoms. The minimum Gasteiger partial charge on any atom is -0.294 e. The molecule has 1 atom stereocenters. The highest BCUT2D eigenvalue weighted by atomic mass is 35.5. The third-order valence-electron chi connectivity index (χ3n) is 4.62. The largest absolute Gasteiger partial charge is 0.294 e. The van der Waals surface area contributed by atoms with Crippen molar-refractivity contribution >= 4 is 23.2 Å². The smallest absolute Gasteiger partial charge is 0.170 e. The molecule has 0 radical (unpaired) electrons. The summed E-state index contributed by atoms with van der Waals surface area (Å²) in [6, 6.07) is 22.1. The van der Waals surface area contributed by atoms with Crippen LogP contribution in [0.15, 0.2) is 72.8 Å². The Kier molecular flexibility index (Phi) is 5.88. The Hall–Kier alpha value is -2.71. The van der Waals surface area contributed by atoms with Gasteiger partial charge in [0.1, 0.15) is 0 Å². The fourth-order valence-corrected chi connectivity index (χ4v) is 3.30. The van der Waals surface area contributed by atoms with Crippen molar-refractivity contribution in [3.63, 3.8) is 0 Å². The number of hydrogen-bond acceptors (Lipinski definition) is 2. The zero-order valence-electron chi connectivity index (χ0n) is 15.4. The molecule has 0 fully saturated rings. The van der Waals surface area contributed by atoms with Gasteiger partial charge in [-0.25, -0.2) is 0 Å². The Morgan fingerprint density at radius 1 is 0.815 bits per heavy atom. The summed E-state index contributed by atoms with van der Waals surface area (Å²) in [5.41, 5.74) is 4.08. The van der Waals surface area contributed by atoms with Crippen molar-refractivity contribution in [2.24, 2.45) is 0 Å². The predicted molar refractivity (Wildman–Crippen MR) is 110 cm³/mol. The number of halogens is 1. The van der Waals surface area contributed by atoms with E-state index < -0.39 is 5.92 Å². The van der Waals surface area contributed by atoms with Crippen LogP contribution in [0.25, 0.3) is 0 Å². The first-order valence-corrected chi connectivity index (χ1v) is 9.28. The van der Waals surface area contributed by atoms with Gasteiger partial charge in [0.15, 0.2) is 11.6 Å². The number of carbonyl (C=O) groups excluding carboxylic acids is 2. The highest BCUT2D eigenvalue weighted by Gasteiger charge is 2.25. The lowest BCUT2D eigenvalue weighted by atomic mass is 9.85. The van der Waals surface area contributed by atoms with E-state index in [2.05, 4.69) is 0 Å². The summed E-state index contributed by atoms with van der Waals surface area (Å²) in [6.07, 6.45) is 0.123. The lowest BCUT2D eigenvalue weighted by Gasteiger charge is -2.17. The van der Waals surface area contributed by atoms with E-state index >= 15 is 0 Å². The van der Waals surface area contributed by atoms with Crippen molar-refractivity contribution in [1.82, 2.24) is 0 Å². The van der Waals surface area contributed by atoms with Crippen LogP contribution in [0.1, 0.15) is 49.7 Å². The van der Waals surface area contributed by atoms with Gasteiger partial charge in [0.2, 0.25) is 0 Å².